The van der Waals surface area contributed by atoms with E-state index in [1.54, 1.807) is 0 Å². The molecule has 0 bridgehead atoms. The molecule has 0 aliphatic carbocycles. The molecule has 1 aromatic carbocycles. The number of aliphatic hydroxyl groups is 1. The van der Waals surface area contributed by atoms with E-state index in [4.69, 9.17) is 0 Å². The van der Waals surface area contributed by atoms with Gasteiger partial charge < -0.3 is 15.0 Å². The van der Waals surface area contributed by atoms with Crippen LogP contribution < -0.4 is 5.32 Å². The van der Waals surface area contributed by atoms with Crippen LogP contribution in [-0.2, 0) is 13.1 Å². The van der Waals surface area contributed by atoms with Crippen LogP contribution in [0.5, 0.6) is 0 Å². The van der Waals surface area contributed by atoms with E-state index in [-0.39, 0.29) is 6.10 Å². The number of nitrogens with one attached hydrogen (secondary N) is 1. The van der Waals surface area contributed by atoms with E-state index in [0.717, 1.165) is 13.1 Å². The van der Waals surface area contributed by atoms with Crippen molar-refractivity contribution < 1.29 is 5.11 Å². The third-order valence-corrected chi connectivity index (χ3v) is 2.90. The van der Waals surface area contributed by atoms with Crippen LogP contribution in [0.15, 0.2) is 30.5 Å². The van der Waals surface area contributed by atoms with Crippen LogP contribution in [0.3, 0.4) is 0 Å². The molecule has 1 unspecified atom stereocenters. The predicted molar refractivity (Wildman–Crippen MR) is 71.0 cm³/mol. The monoisotopic (exact) mass is 232 g/mol. The summed E-state index contributed by atoms with van der Waals surface area (Å²) in [5, 5.41) is 14.1. The fourth-order valence-corrected chi connectivity index (χ4v) is 2.16. The van der Waals surface area contributed by atoms with Crippen LogP contribution >= 0.6 is 0 Å². The molecular formula is C14H20N2O. The molecule has 1 heterocycles. The number of rotatable bonds is 5. The second-order valence-electron chi connectivity index (χ2n) is 4.45. The second kappa shape index (κ2) is 5.34. The lowest BCUT2D eigenvalue weighted by atomic mass is 10.2. The average Bonchev–Trinajstić information content (AvgIpc) is 2.65. The quantitative estimate of drug-likeness (QED) is 0.828. The summed E-state index contributed by atoms with van der Waals surface area (Å²) in [6.45, 7) is 6.42. The van der Waals surface area contributed by atoms with Gasteiger partial charge in [-0.05, 0) is 25.1 Å². The van der Waals surface area contributed by atoms with Crippen molar-refractivity contribution in [3.8, 4) is 0 Å². The molecule has 0 aliphatic heterocycles. The van der Waals surface area contributed by atoms with Crippen LogP contribution in [0, 0.1) is 0 Å². The first-order valence-electron chi connectivity index (χ1n) is 6.18. The number of hydrogen-bond acceptors (Lipinski definition) is 2. The highest BCUT2D eigenvalue weighted by atomic mass is 16.3. The molecule has 0 aliphatic rings. The molecule has 0 saturated heterocycles. The van der Waals surface area contributed by atoms with Crippen LogP contribution in [0.2, 0.25) is 0 Å². The van der Waals surface area contributed by atoms with Gasteiger partial charge in [0.15, 0.2) is 0 Å². The first kappa shape index (κ1) is 12.1. The molecule has 0 radical (unpaired) electrons. The van der Waals surface area contributed by atoms with Crippen molar-refractivity contribution in [3.63, 3.8) is 0 Å². The number of aliphatic hydroxyl groups excluding tert-OH is 1. The van der Waals surface area contributed by atoms with Gasteiger partial charge >= 0.3 is 0 Å². The van der Waals surface area contributed by atoms with E-state index in [2.05, 4.69) is 41.2 Å². The van der Waals surface area contributed by atoms with E-state index >= 15 is 0 Å². The van der Waals surface area contributed by atoms with Crippen molar-refractivity contribution in [1.82, 2.24) is 9.88 Å². The van der Waals surface area contributed by atoms with Crippen LogP contribution in [0.1, 0.15) is 19.4 Å². The topological polar surface area (TPSA) is 37.2 Å². The van der Waals surface area contributed by atoms with Crippen LogP contribution in [0.4, 0.5) is 0 Å². The van der Waals surface area contributed by atoms with Crippen molar-refractivity contribution in [2.24, 2.45) is 0 Å². The first-order valence-corrected chi connectivity index (χ1v) is 6.18. The zero-order chi connectivity index (χ0) is 12.3. The van der Waals surface area contributed by atoms with E-state index in [0.29, 0.717) is 6.54 Å². The van der Waals surface area contributed by atoms with Crippen LogP contribution in [-0.4, -0.2) is 22.3 Å². The fraction of sp³-hybridized carbons (Fsp3) is 0.429. The van der Waals surface area contributed by atoms with E-state index in [1.807, 2.05) is 13.0 Å². The summed E-state index contributed by atoms with van der Waals surface area (Å²) in [6, 6.07) is 8.34. The lowest BCUT2D eigenvalue weighted by molar-refractivity contribution is 0.175. The summed E-state index contributed by atoms with van der Waals surface area (Å²) >= 11 is 0. The normalized spacial score (nSPS) is 13.1. The number of fused-ring (bicyclic) bond motifs is 1. The molecule has 92 valence electrons. The Kier molecular flexibility index (Phi) is 3.82. The van der Waals surface area contributed by atoms with E-state index in [1.165, 1.54) is 16.5 Å². The Morgan fingerprint density at radius 3 is 2.82 bits per heavy atom. The smallest absolute Gasteiger partial charge is 0.0691 e. The molecule has 2 N–H and O–H groups in total. The lowest BCUT2D eigenvalue weighted by Crippen LogP contribution is -2.12. The van der Waals surface area contributed by atoms with Crippen molar-refractivity contribution in [2.45, 2.75) is 33.0 Å². The summed E-state index contributed by atoms with van der Waals surface area (Å²) in [5.74, 6) is 0. The van der Waals surface area contributed by atoms with Crippen molar-refractivity contribution in [1.29, 1.82) is 0 Å². The highest BCUT2D eigenvalue weighted by Crippen LogP contribution is 2.21. The number of para-hydroxylation sites is 1. The molecule has 1 atom stereocenters. The Morgan fingerprint density at radius 1 is 1.35 bits per heavy atom. The minimum atomic E-state index is -0.321. The fourth-order valence-electron chi connectivity index (χ4n) is 2.16. The molecule has 3 heteroatoms. The SMILES string of the molecule is CCNCc1cn(CC(C)O)c2ccccc12. The number of hydrogen-bond donors (Lipinski definition) is 2. The van der Waals surface area contributed by atoms with Crippen molar-refractivity contribution in [2.75, 3.05) is 6.54 Å². The van der Waals surface area contributed by atoms with Gasteiger partial charge in [-0.1, -0.05) is 25.1 Å². The maximum Gasteiger partial charge on any atom is 0.0691 e. The third kappa shape index (κ3) is 2.68. The molecule has 1 aromatic heterocycles. The second-order valence-corrected chi connectivity index (χ2v) is 4.45. The molecule has 0 amide bonds. The largest absolute Gasteiger partial charge is 0.392 e. The zero-order valence-electron chi connectivity index (χ0n) is 10.5. The summed E-state index contributed by atoms with van der Waals surface area (Å²) in [5.41, 5.74) is 2.49. The van der Waals surface area contributed by atoms with Gasteiger partial charge in [-0.3, -0.25) is 0 Å². The minimum Gasteiger partial charge on any atom is -0.392 e. The Hall–Kier alpha value is -1.32. The molecular weight excluding hydrogens is 212 g/mol. The van der Waals surface area contributed by atoms with Gasteiger partial charge in [0.1, 0.15) is 0 Å². The Balaban J connectivity index is 2.39. The maximum absolute atomic E-state index is 9.51. The van der Waals surface area contributed by atoms with Crippen LogP contribution in [0.25, 0.3) is 10.9 Å². The molecule has 0 spiro atoms. The Morgan fingerprint density at radius 2 is 2.12 bits per heavy atom. The maximum atomic E-state index is 9.51. The Labute approximate surface area is 102 Å². The van der Waals surface area contributed by atoms with Gasteiger partial charge in [0.25, 0.3) is 0 Å². The summed E-state index contributed by atoms with van der Waals surface area (Å²) < 4.78 is 2.13. The highest BCUT2D eigenvalue weighted by molar-refractivity contribution is 5.83. The summed E-state index contributed by atoms with van der Waals surface area (Å²) in [7, 11) is 0. The third-order valence-electron chi connectivity index (χ3n) is 2.90. The van der Waals surface area contributed by atoms with Gasteiger partial charge in [0.2, 0.25) is 0 Å². The van der Waals surface area contributed by atoms with Crippen molar-refractivity contribution in [3.05, 3.63) is 36.0 Å². The summed E-state index contributed by atoms with van der Waals surface area (Å²) in [4.78, 5) is 0. The molecule has 0 saturated carbocycles. The standard InChI is InChI=1S/C14H20N2O/c1-3-15-8-12-10-16(9-11(2)17)14-7-5-4-6-13(12)14/h4-7,10-11,15,17H,3,8-9H2,1-2H3. The lowest BCUT2D eigenvalue weighted by Gasteiger charge is -2.06. The summed E-state index contributed by atoms with van der Waals surface area (Å²) in [6.07, 6.45) is 1.82. The highest BCUT2D eigenvalue weighted by Gasteiger charge is 2.08. The van der Waals surface area contributed by atoms with Crippen molar-refractivity contribution >= 4 is 10.9 Å². The minimum absolute atomic E-state index is 0.321. The molecule has 3 nitrogen and oxygen atoms in total. The number of aromatic nitrogens is 1. The molecule has 2 rings (SSSR count). The van der Waals surface area contributed by atoms with E-state index < -0.39 is 0 Å². The van der Waals surface area contributed by atoms with Gasteiger partial charge in [0, 0.05) is 30.2 Å². The van der Waals surface area contributed by atoms with Gasteiger partial charge in [0.05, 0.1) is 6.10 Å². The molecule has 0 fully saturated rings. The van der Waals surface area contributed by atoms with E-state index in [9.17, 15) is 5.11 Å². The van der Waals surface area contributed by atoms with Gasteiger partial charge in [-0.25, -0.2) is 0 Å². The first-order chi connectivity index (χ1) is 8.22. The number of nitrogens with zero attached hydrogens (tertiary/aromatic N) is 1. The Bertz CT molecular complexity index is 488. The number of benzene rings is 1. The van der Waals surface area contributed by atoms with Gasteiger partial charge in [-0.15, -0.1) is 0 Å². The molecule has 17 heavy (non-hydrogen) atoms. The molecule has 2 aromatic rings. The van der Waals surface area contributed by atoms with Gasteiger partial charge in [-0.2, -0.15) is 0 Å². The average molecular weight is 232 g/mol. The zero-order valence-corrected chi connectivity index (χ0v) is 10.5. The predicted octanol–water partition coefficient (Wildman–Crippen LogP) is 2.13.